The Morgan fingerprint density at radius 2 is 2.08 bits per heavy atom. The van der Waals surface area contributed by atoms with Crippen LogP contribution in [0.4, 0.5) is 5.69 Å². The number of benzene rings is 2. The fourth-order valence-electron chi connectivity index (χ4n) is 4.30. The molecule has 0 fully saturated rings. The Balaban J connectivity index is 1.71. The van der Waals surface area contributed by atoms with E-state index in [2.05, 4.69) is 27.6 Å². The van der Waals surface area contributed by atoms with E-state index in [1.54, 1.807) is 50.3 Å². The number of furan rings is 1. The molecule has 40 heavy (non-hydrogen) atoms. The molecule has 1 aliphatic heterocycles. The van der Waals surface area contributed by atoms with Crippen LogP contribution in [0.15, 0.2) is 74.0 Å². The van der Waals surface area contributed by atoms with Crippen LogP contribution in [0.2, 0.25) is 5.02 Å². The zero-order chi connectivity index (χ0) is 28.7. The number of nitro groups is 1. The number of ether oxygens (including phenoxy) is 1. The number of allylic oxidation sites excluding steroid dienone is 1. The summed E-state index contributed by atoms with van der Waals surface area (Å²) in [5.74, 6) is -0.229. The maximum Gasteiger partial charge on any atom is 0.338 e. The lowest BCUT2D eigenvalue weighted by Crippen LogP contribution is -2.39. The number of carbonyl (C=O) groups excluding carboxylic acids is 1. The zero-order valence-electron chi connectivity index (χ0n) is 20.9. The first-order chi connectivity index (χ1) is 19.1. The number of aromatic hydroxyl groups is 1. The molecule has 2 aromatic heterocycles. The van der Waals surface area contributed by atoms with Crippen LogP contribution in [-0.2, 0) is 9.53 Å². The summed E-state index contributed by atoms with van der Waals surface area (Å²) < 4.78 is 13.9. The number of phenols is 1. The van der Waals surface area contributed by atoms with E-state index in [0.717, 1.165) is 14.9 Å². The Labute approximate surface area is 248 Å². The molecule has 0 amide bonds. The third kappa shape index (κ3) is 5.09. The summed E-state index contributed by atoms with van der Waals surface area (Å²) in [4.78, 5) is 42.5. The number of nitro benzene ring substituents is 1. The summed E-state index contributed by atoms with van der Waals surface area (Å²) in [6.45, 7) is 3.41. The normalized spacial score (nSPS) is 15.1. The molecule has 4 aromatic rings. The van der Waals surface area contributed by atoms with Gasteiger partial charge in [0.2, 0.25) is 0 Å². The zero-order valence-corrected chi connectivity index (χ0v) is 24.6. The summed E-state index contributed by atoms with van der Waals surface area (Å²) in [6.07, 6.45) is 1.57. The van der Waals surface area contributed by atoms with Gasteiger partial charge < -0.3 is 14.3 Å². The molecular weight excluding hydrogens is 673 g/mol. The number of rotatable bonds is 6. The molecule has 0 spiro atoms. The second-order valence-electron chi connectivity index (χ2n) is 8.63. The monoisotopic (exact) mass is 691 g/mol. The van der Waals surface area contributed by atoms with Gasteiger partial charge in [-0.15, -0.1) is 0 Å². The molecule has 1 aliphatic rings. The van der Waals surface area contributed by atoms with E-state index in [4.69, 9.17) is 20.8 Å². The molecule has 1 N–H and O–H groups in total. The van der Waals surface area contributed by atoms with Crippen LogP contribution >= 0.6 is 45.5 Å². The van der Waals surface area contributed by atoms with Crippen molar-refractivity contribution < 1.29 is 24.0 Å². The Kier molecular flexibility index (Phi) is 7.66. The molecule has 1 atom stereocenters. The molecule has 2 aromatic carbocycles. The average Bonchev–Trinajstić information content (AvgIpc) is 3.50. The minimum atomic E-state index is -1.03. The maximum atomic E-state index is 13.8. The van der Waals surface area contributed by atoms with Gasteiger partial charge in [0.25, 0.3) is 11.2 Å². The van der Waals surface area contributed by atoms with Gasteiger partial charge in [0.05, 0.1) is 32.4 Å². The Hall–Kier alpha value is -3.75. The first kappa shape index (κ1) is 27.8. The Morgan fingerprint density at radius 1 is 1.30 bits per heavy atom. The number of non-ortho nitro benzene ring substituents is 1. The van der Waals surface area contributed by atoms with Gasteiger partial charge in [0.1, 0.15) is 23.3 Å². The van der Waals surface area contributed by atoms with Crippen LogP contribution < -0.4 is 14.9 Å². The number of fused-ring (bicyclic) bond motifs is 1. The second-order valence-corrected chi connectivity index (χ2v) is 11.3. The van der Waals surface area contributed by atoms with Crippen molar-refractivity contribution >= 4 is 63.3 Å². The fourth-order valence-corrected chi connectivity index (χ4v) is 6.07. The summed E-state index contributed by atoms with van der Waals surface area (Å²) in [5, 5.41) is 21.9. The molecule has 204 valence electrons. The van der Waals surface area contributed by atoms with E-state index >= 15 is 0 Å². The number of nitrogens with zero attached hydrogens (tertiary/aromatic N) is 3. The van der Waals surface area contributed by atoms with Crippen LogP contribution in [0.3, 0.4) is 0 Å². The lowest BCUT2D eigenvalue weighted by molar-refractivity contribution is -0.384. The lowest BCUT2D eigenvalue weighted by Gasteiger charge is -2.22. The topological polar surface area (TPSA) is 137 Å². The standard InChI is InChI=1S/C27H19ClIN3O7S/c1-3-38-26(35)23-13(2)30-27-31(25(34)22(40-27)11-14-10-15(29)4-7-19(14)33)24(23)21-9-8-20(39-21)17-12-16(32(36)37)5-6-18(17)28/h4-12,24,33H,3H2,1-2H3/b22-11-/t24-/m1/s1. The van der Waals surface area contributed by atoms with Crippen molar-refractivity contribution in [1.29, 1.82) is 0 Å². The van der Waals surface area contributed by atoms with Gasteiger partial charge in [-0.2, -0.15) is 0 Å². The van der Waals surface area contributed by atoms with Crippen molar-refractivity contribution in [2.24, 2.45) is 4.99 Å². The largest absolute Gasteiger partial charge is 0.507 e. The predicted molar refractivity (Wildman–Crippen MR) is 157 cm³/mol. The predicted octanol–water partition coefficient (Wildman–Crippen LogP) is 4.93. The van der Waals surface area contributed by atoms with Crippen molar-refractivity contribution in [3.05, 3.63) is 110 Å². The molecule has 13 heteroatoms. The van der Waals surface area contributed by atoms with Gasteiger partial charge in [-0.25, -0.2) is 9.79 Å². The minimum Gasteiger partial charge on any atom is -0.507 e. The minimum absolute atomic E-state index is 0.00991. The number of carbonyl (C=O) groups is 1. The van der Waals surface area contributed by atoms with Crippen LogP contribution in [-0.4, -0.2) is 27.2 Å². The lowest BCUT2D eigenvalue weighted by atomic mass is 10.0. The smallest absolute Gasteiger partial charge is 0.338 e. The number of halogens is 2. The molecule has 0 saturated carbocycles. The van der Waals surface area contributed by atoms with E-state index in [1.807, 2.05) is 0 Å². The summed E-state index contributed by atoms with van der Waals surface area (Å²) in [7, 11) is 0. The second kappa shape index (κ2) is 11.0. The number of hydrogen-bond acceptors (Lipinski definition) is 9. The van der Waals surface area contributed by atoms with Gasteiger partial charge in [-0.05, 0) is 78.9 Å². The molecule has 3 heterocycles. The van der Waals surface area contributed by atoms with Crippen LogP contribution in [0.1, 0.15) is 31.2 Å². The third-order valence-corrected chi connectivity index (χ3v) is 8.10. The van der Waals surface area contributed by atoms with Gasteiger partial charge in [0, 0.05) is 26.8 Å². The third-order valence-electron chi connectivity index (χ3n) is 6.12. The van der Waals surface area contributed by atoms with Gasteiger partial charge in [-0.3, -0.25) is 19.5 Å². The van der Waals surface area contributed by atoms with Crippen molar-refractivity contribution in [2.75, 3.05) is 6.61 Å². The van der Waals surface area contributed by atoms with E-state index in [-0.39, 0.29) is 50.3 Å². The molecule has 0 bridgehead atoms. The number of hydrogen-bond donors (Lipinski definition) is 1. The van der Waals surface area contributed by atoms with Crippen LogP contribution in [0.25, 0.3) is 17.4 Å². The average molecular weight is 692 g/mol. The fraction of sp³-hybridized carbons (Fsp3) is 0.148. The Morgan fingerprint density at radius 3 is 2.80 bits per heavy atom. The number of phenolic OH excluding ortho intramolecular Hbond substituents is 1. The van der Waals surface area contributed by atoms with Crippen molar-refractivity contribution in [2.45, 2.75) is 19.9 Å². The van der Waals surface area contributed by atoms with E-state index in [0.29, 0.717) is 16.1 Å². The van der Waals surface area contributed by atoms with Gasteiger partial charge in [-0.1, -0.05) is 22.9 Å². The molecule has 0 saturated heterocycles. The highest BCUT2D eigenvalue weighted by molar-refractivity contribution is 14.1. The quantitative estimate of drug-likeness (QED) is 0.131. The van der Waals surface area contributed by atoms with Crippen molar-refractivity contribution in [3.8, 4) is 17.1 Å². The SMILES string of the molecule is CCOC(=O)C1=C(C)N=c2s/c(=C\c3cc(I)ccc3O)c(=O)n2[C@@H]1c1ccc(-c2cc([N+](=O)[O-])ccc2Cl)o1. The van der Waals surface area contributed by atoms with Crippen molar-refractivity contribution in [3.63, 3.8) is 0 Å². The van der Waals surface area contributed by atoms with Crippen LogP contribution in [0, 0.1) is 13.7 Å². The van der Waals surface area contributed by atoms with E-state index in [1.165, 1.54) is 22.8 Å². The van der Waals surface area contributed by atoms with Crippen molar-refractivity contribution in [1.82, 2.24) is 4.57 Å². The van der Waals surface area contributed by atoms with Crippen LogP contribution in [0.5, 0.6) is 5.75 Å². The molecule has 5 rings (SSSR count). The van der Waals surface area contributed by atoms with Gasteiger partial charge >= 0.3 is 5.97 Å². The number of esters is 1. The van der Waals surface area contributed by atoms with E-state index in [9.17, 15) is 24.8 Å². The maximum absolute atomic E-state index is 13.8. The number of thiazole rings is 1. The first-order valence-electron chi connectivity index (χ1n) is 11.8. The highest BCUT2D eigenvalue weighted by Crippen LogP contribution is 2.37. The highest BCUT2D eigenvalue weighted by atomic mass is 127. The van der Waals surface area contributed by atoms with E-state index < -0.39 is 22.5 Å². The highest BCUT2D eigenvalue weighted by Gasteiger charge is 2.35. The summed E-state index contributed by atoms with van der Waals surface area (Å²) >= 11 is 9.54. The number of aromatic nitrogens is 1. The molecule has 0 unspecified atom stereocenters. The molecule has 0 aliphatic carbocycles. The van der Waals surface area contributed by atoms with Gasteiger partial charge in [0.15, 0.2) is 4.80 Å². The first-order valence-corrected chi connectivity index (χ1v) is 14.1. The Bertz CT molecular complexity index is 1910. The summed E-state index contributed by atoms with van der Waals surface area (Å²) in [5.41, 5.74) is 0.570. The molecule has 0 radical (unpaired) electrons. The molecule has 10 nitrogen and oxygen atoms in total. The summed E-state index contributed by atoms with van der Waals surface area (Å²) in [6, 6.07) is 11.1. The molecular formula is C27H19ClIN3O7S.